The number of amides is 2. The molecule has 0 unspecified atom stereocenters. The van der Waals surface area contributed by atoms with Crippen molar-refractivity contribution in [3.05, 3.63) is 54.6 Å². The molecule has 2 amide bonds. The van der Waals surface area contributed by atoms with Gasteiger partial charge in [0.05, 0.1) is 25.3 Å². The van der Waals surface area contributed by atoms with Crippen LogP contribution in [0.3, 0.4) is 0 Å². The molecule has 0 saturated heterocycles. The minimum absolute atomic E-state index is 0.0404. The van der Waals surface area contributed by atoms with Crippen molar-refractivity contribution in [2.24, 2.45) is 5.41 Å². The van der Waals surface area contributed by atoms with Gasteiger partial charge in [0.1, 0.15) is 23.9 Å². The van der Waals surface area contributed by atoms with E-state index in [1.54, 1.807) is 47.4 Å². The maximum atomic E-state index is 12.9. The van der Waals surface area contributed by atoms with E-state index in [2.05, 4.69) is 11.9 Å². The number of hydrogen-bond donors (Lipinski definition) is 1. The van der Waals surface area contributed by atoms with Crippen molar-refractivity contribution in [3.8, 4) is 17.2 Å². The van der Waals surface area contributed by atoms with Gasteiger partial charge in [-0.05, 0) is 38.1 Å². The second kappa shape index (κ2) is 8.49. The Morgan fingerprint density at radius 3 is 2.47 bits per heavy atom. The van der Waals surface area contributed by atoms with E-state index in [0.29, 0.717) is 40.7 Å². The van der Waals surface area contributed by atoms with E-state index in [4.69, 9.17) is 14.2 Å². The second-order valence-electron chi connectivity index (χ2n) is 7.61. The molecule has 0 aliphatic carbocycles. The number of fused-ring (bicyclic) bond motifs is 1. The summed E-state index contributed by atoms with van der Waals surface area (Å²) in [6.45, 7) is 8.04. The number of nitrogens with zero attached hydrogens (tertiary/aromatic N) is 1. The van der Waals surface area contributed by atoms with E-state index in [-0.39, 0.29) is 18.4 Å². The molecule has 0 bridgehead atoms. The van der Waals surface area contributed by atoms with Crippen molar-refractivity contribution in [2.45, 2.75) is 13.8 Å². The maximum Gasteiger partial charge on any atom is 0.255 e. The Balaban J connectivity index is 1.90. The Morgan fingerprint density at radius 2 is 1.87 bits per heavy atom. The summed E-state index contributed by atoms with van der Waals surface area (Å²) >= 11 is 0. The Morgan fingerprint density at radius 1 is 1.20 bits per heavy atom. The van der Waals surface area contributed by atoms with Crippen molar-refractivity contribution >= 4 is 23.2 Å². The van der Waals surface area contributed by atoms with Gasteiger partial charge in [-0.3, -0.25) is 9.59 Å². The summed E-state index contributed by atoms with van der Waals surface area (Å²) in [5.41, 5.74) is 0.909. The van der Waals surface area contributed by atoms with Gasteiger partial charge < -0.3 is 24.4 Å². The fourth-order valence-corrected chi connectivity index (χ4v) is 3.18. The van der Waals surface area contributed by atoms with Crippen LogP contribution in [-0.4, -0.2) is 39.2 Å². The van der Waals surface area contributed by atoms with Crippen LogP contribution < -0.4 is 24.4 Å². The van der Waals surface area contributed by atoms with E-state index in [1.807, 2.05) is 13.8 Å². The van der Waals surface area contributed by atoms with E-state index < -0.39 is 5.41 Å². The summed E-state index contributed by atoms with van der Waals surface area (Å²) in [4.78, 5) is 27.3. The summed E-state index contributed by atoms with van der Waals surface area (Å²) in [6.07, 6.45) is 1.68. The molecule has 0 saturated carbocycles. The number of carbonyl (C=O) groups excluding carboxylic acids is 2. The first-order valence-corrected chi connectivity index (χ1v) is 9.53. The highest BCUT2D eigenvalue weighted by Gasteiger charge is 2.37. The molecule has 30 heavy (non-hydrogen) atoms. The second-order valence-corrected chi connectivity index (χ2v) is 7.61. The van der Waals surface area contributed by atoms with Gasteiger partial charge in [-0.1, -0.05) is 6.08 Å². The number of anilines is 2. The zero-order chi connectivity index (χ0) is 21.9. The lowest BCUT2D eigenvalue weighted by atomic mass is 9.93. The molecule has 7 heteroatoms. The first-order valence-electron chi connectivity index (χ1n) is 9.53. The lowest BCUT2D eigenvalue weighted by Crippen LogP contribution is -2.42. The number of hydrogen-bond acceptors (Lipinski definition) is 5. The van der Waals surface area contributed by atoms with E-state index in [9.17, 15) is 9.59 Å². The molecule has 0 fully saturated rings. The Hall–Kier alpha value is -3.48. The molecule has 1 heterocycles. The molecule has 158 valence electrons. The average Bonchev–Trinajstić information content (AvgIpc) is 2.83. The van der Waals surface area contributed by atoms with Gasteiger partial charge in [-0.2, -0.15) is 0 Å². The molecule has 2 aromatic carbocycles. The Kier molecular flexibility index (Phi) is 6.01. The summed E-state index contributed by atoms with van der Waals surface area (Å²) < 4.78 is 16.4. The molecule has 1 N–H and O–H groups in total. The standard InChI is InChI=1S/C23H26N2O5/c1-6-9-25-19-8-7-16(12-20(19)30-14-23(2,3)22(25)27)24-21(26)15-10-17(28-4)13-18(11-15)29-5/h6-8,10-13H,1,9,14H2,2-5H3,(H,24,26). The molecule has 0 atom stereocenters. The van der Waals surface area contributed by atoms with Crippen molar-refractivity contribution in [1.29, 1.82) is 0 Å². The number of rotatable bonds is 6. The van der Waals surface area contributed by atoms with Gasteiger partial charge in [0.25, 0.3) is 5.91 Å². The molecular formula is C23H26N2O5. The normalized spacial score (nSPS) is 14.8. The molecule has 0 spiro atoms. The SMILES string of the molecule is C=CCN1C(=O)C(C)(C)COc2cc(NC(=O)c3cc(OC)cc(OC)c3)ccc21. The van der Waals surface area contributed by atoms with E-state index in [1.165, 1.54) is 14.2 Å². The third-order valence-electron chi connectivity index (χ3n) is 4.85. The molecule has 0 aromatic heterocycles. The van der Waals surface area contributed by atoms with Crippen LogP contribution in [0.15, 0.2) is 49.1 Å². The number of benzene rings is 2. The van der Waals surface area contributed by atoms with Crippen LogP contribution in [0.5, 0.6) is 17.2 Å². The van der Waals surface area contributed by atoms with Crippen LogP contribution in [0.2, 0.25) is 0 Å². The van der Waals surface area contributed by atoms with E-state index >= 15 is 0 Å². The summed E-state index contributed by atoms with van der Waals surface area (Å²) in [5, 5.41) is 2.86. The van der Waals surface area contributed by atoms with Gasteiger partial charge in [-0.15, -0.1) is 6.58 Å². The third-order valence-corrected chi connectivity index (χ3v) is 4.85. The van der Waals surface area contributed by atoms with Crippen molar-refractivity contribution in [2.75, 3.05) is 37.6 Å². The van der Waals surface area contributed by atoms with Gasteiger partial charge >= 0.3 is 0 Å². The van der Waals surface area contributed by atoms with Crippen molar-refractivity contribution < 1.29 is 23.8 Å². The van der Waals surface area contributed by atoms with Gasteiger partial charge in [0.2, 0.25) is 5.91 Å². The lowest BCUT2D eigenvalue weighted by molar-refractivity contribution is -0.127. The summed E-state index contributed by atoms with van der Waals surface area (Å²) in [6, 6.07) is 10.2. The van der Waals surface area contributed by atoms with Crippen LogP contribution in [0, 0.1) is 5.41 Å². The van der Waals surface area contributed by atoms with Crippen LogP contribution in [0.4, 0.5) is 11.4 Å². The Labute approximate surface area is 176 Å². The number of ether oxygens (including phenoxy) is 3. The maximum absolute atomic E-state index is 12.9. The number of nitrogens with one attached hydrogen (secondary N) is 1. The largest absolute Gasteiger partial charge is 0.497 e. The van der Waals surface area contributed by atoms with Gasteiger partial charge in [-0.25, -0.2) is 0 Å². The predicted molar refractivity (Wildman–Crippen MR) is 116 cm³/mol. The predicted octanol–water partition coefficient (Wildman–Crippen LogP) is 3.89. The minimum Gasteiger partial charge on any atom is -0.497 e. The molecule has 1 aliphatic rings. The summed E-state index contributed by atoms with van der Waals surface area (Å²) in [5.74, 6) is 1.20. The molecule has 7 nitrogen and oxygen atoms in total. The monoisotopic (exact) mass is 410 g/mol. The zero-order valence-electron chi connectivity index (χ0n) is 17.7. The van der Waals surface area contributed by atoms with Crippen LogP contribution in [-0.2, 0) is 4.79 Å². The fourth-order valence-electron chi connectivity index (χ4n) is 3.18. The zero-order valence-corrected chi connectivity index (χ0v) is 17.7. The molecule has 1 aliphatic heterocycles. The van der Waals surface area contributed by atoms with Crippen LogP contribution in [0.25, 0.3) is 0 Å². The highest BCUT2D eigenvalue weighted by atomic mass is 16.5. The first-order chi connectivity index (χ1) is 14.3. The molecular weight excluding hydrogens is 384 g/mol. The van der Waals surface area contributed by atoms with Gasteiger partial charge in [0, 0.05) is 29.9 Å². The molecule has 0 radical (unpaired) electrons. The van der Waals surface area contributed by atoms with Crippen LogP contribution >= 0.6 is 0 Å². The summed E-state index contributed by atoms with van der Waals surface area (Å²) in [7, 11) is 3.05. The Bertz CT molecular complexity index is 961. The molecule has 2 aromatic rings. The first kappa shape index (κ1) is 21.2. The van der Waals surface area contributed by atoms with Crippen molar-refractivity contribution in [1.82, 2.24) is 0 Å². The van der Waals surface area contributed by atoms with E-state index in [0.717, 1.165) is 0 Å². The average molecular weight is 410 g/mol. The quantitative estimate of drug-likeness (QED) is 0.731. The minimum atomic E-state index is -0.678. The smallest absolute Gasteiger partial charge is 0.255 e. The topological polar surface area (TPSA) is 77.1 Å². The van der Waals surface area contributed by atoms with Crippen molar-refractivity contribution in [3.63, 3.8) is 0 Å². The highest BCUT2D eigenvalue weighted by Crippen LogP contribution is 2.38. The highest BCUT2D eigenvalue weighted by molar-refractivity contribution is 6.05. The van der Waals surface area contributed by atoms with Gasteiger partial charge in [0.15, 0.2) is 0 Å². The molecule has 3 rings (SSSR count). The van der Waals surface area contributed by atoms with Crippen LogP contribution in [0.1, 0.15) is 24.2 Å². The number of methoxy groups -OCH3 is 2. The number of carbonyl (C=O) groups is 2. The fraction of sp³-hybridized carbons (Fsp3) is 0.304. The third kappa shape index (κ3) is 4.25. The lowest BCUT2D eigenvalue weighted by Gasteiger charge is -2.27.